The summed E-state index contributed by atoms with van der Waals surface area (Å²) in [5, 5.41) is 2.85. The molecule has 2 amide bonds. The number of carbonyl (C=O) groups is 2. The molecule has 1 fully saturated rings. The lowest BCUT2D eigenvalue weighted by atomic mass is 9.95. The predicted molar refractivity (Wildman–Crippen MR) is 73.6 cm³/mol. The molecule has 1 aliphatic rings. The van der Waals surface area contributed by atoms with Gasteiger partial charge in [0.25, 0.3) is 0 Å². The van der Waals surface area contributed by atoms with Gasteiger partial charge in [0, 0.05) is 19.8 Å². The van der Waals surface area contributed by atoms with E-state index in [4.69, 9.17) is 4.74 Å². The average molecular weight is 270 g/mol. The minimum absolute atomic E-state index is 0.0182. The maximum Gasteiger partial charge on any atom is 0.246 e. The van der Waals surface area contributed by atoms with Gasteiger partial charge in [-0.2, -0.15) is 0 Å². The molecule has 0 aromatic rings. The van der Waals surface area contributed by atoms with E-state index < -0.39 is 6.04 Å². The quantitative estimate of drug-likeness (QED) is 0.788. The van der Waals surface area contributed by atoms with Gasteiger partial charge in [-0.25, -0.2) is 0 Å². The zero-order valence-corrected chi connectivity index (χ0v) is 12.6. The van der Waals surface area contributed by atoms with Crippen LogP contribution in [0.1, 0.15) is 40.5 Å². The number of methoxy groups -OCH3 is 1. The SMILES string of the molecule is CCC1C(=O)NC(C(C)C)C(=O)N1C(C)CCOC. The molecule has 5 heteroatoms. The molecule has 3 unspecified atom stereocenters. The molecule has 0 aromatic carbocycles. The molecule has 19 heavy (non-hydrogen) atoms. The summed E-state index contributed by atoms with van der Waals surface area (Å²) >= 11 is 0. The normalized spacial score (nSPS) is 25.7. The summed E-state index contributed by atoms with van der Waals surface area (Å²) in [7, 11) is 1.64. The maximum absolute atomic E-state index is 12.6. The molecule has 0 bridgehead atoms. The Bertz CT molecular complexity index is 331. The lowest BCUT2D eigenvalue weighted by Crippen LogP contribution is -2.66. The third-order valence-electron chi connectivity index (χ3n) is 3.72. The van der Waals surface area contributed by atoms with Crippen molar-refractivity contribution in [2.45, 2.75) is 58.7 Å². The van der Waals surface area contributed by atoms with Crippen LogP contribution in [0.5, 0.6) is 0 Å². The Balaban J connectivity index is 2.92. The molecule has 5 nitrogen and oxygen atoms in total. The van der Waals surface area contributed by atoms with Crippen LogP contribution in [0.4, 0.5) is 0 Å². The highest BCUT2D eigenvalue weighted by atomic mass is 16.5. The highest BCUT2D eigenvalue weighted by molar-refractivity contribution is 5.97. The van der Waals surface area contributed by atoms with Gasteiger partial charge in [-0.3, -0.25) is 9.59 Å². The molecule has 0 saturated carbocycles. The number of hydrogen-bond donors (Lipinski definition) is 1. The van der Waals surface area contributed by atoms with Gasteiger partial charge in [-0.15, -0.1) is 0 Å². The second kappa shape index (κ2) is 6.89. The molecule has 0 spiro atoms. The highest BCUT2D eigenvalue weighted by Crippen LogP contribution is 2.21. The van der Waals surface area contributed by atoms with Crippen molar-refractivity contribution in [1.82, 2.24) is 10.2 Å². The van der Waals surface area contributed by atoms with E-state index in [1.807, 2.05) is 27.7 Å². The van der Waals surface area contributed by atoms with E-state index in [9.17, 15) is 9.59 Å². The number of nitrogens with zero attached hydrogens (tertiary/aromatic N) is 1. The van der Waals surface area contributed by atoms with Gasteiger partial charge in [0.2, 0.25) is 11.8 Å². The summed E-state index contributed by atoms with van der Waals surface area (Å²) < 4.78 is 5.07. The first-order valence-electron chi connectivity index (χ1n) is 7.05. The Kier molecular flexibility index (Phi) is 5.79. The number of ether oxygens (including phenoxy) is 1. The van der Waals surface area contributed by atoms with E-state index in [0.29, 0.717) is 13.0 Å². The van der Waals surface area contributed by atoms with E-state index in [1.54, 1.807) is 12.0 Å². The average Bonchev–Trinajstić information content (AvgIpc) is 2.37. The molecule has 0 aromatic heterocycles. The molecule has 0 aliphatic carbocycles. The van der Waals surface area contributed by atoms with Crippen LogP contribution in [0.3, 0.4) is 0 Å². The second-order valence-corrected chi connectivity index (χ2v) is 5.53. The maximum atomic E-state index is 12.6. The Labute approximate surface area is 115 Å². The first-order valence-corrected chi connectivity index (χ1v) is 7.05. The standard InChI is InChI=1S/C14H26N2O3/c1-6-11-13(17)15-12(9(2)3)14(18)16(11)10(4)7-8-19-5/h9-12H,6-8H2,1-5H3,(H,15,17). The van der Waals surface area contributed by atoms with Gasteiger partial charge in [-0.1, -0.05) is 20.8 Å². The lowest BCUT2D eigenvalue weighted by Gasteiger charge is -2.43. The lowest BCUT2D eigenvalue weighted by molar-refractivity contribution is -0.153. The summed E-state index contributed by atoms with van der Waals surface area (Å²) in [5.74, 6) is 0.0986. The summed E-state index contributed by atoms with van der Waals surface area (Å²) in [6.07, 6.45) is 1.39. The number of hydrogen-bond acceptors (Lipinski definition) is 3. The van der Waals surface area contributed by atoms with Crippen molar-refractivity contribution in [1.29, 1.82) is 0 Å². The number of nitrogens with one attached hydrogen (secondary N) is 1. The Hall–Kier alpha value is -1.10. The van der Waals surface area contributed by atoms with Crippen molar-refractivity contribution >= 4 is 11.8 Å². The molecule has 1 heterocycles. The van der Waals surface area contributed by atoms with Gasteiger partial charge in [-0.05, 0) is 25.7 Å². The van der Waals surface area contributed by atoms with Crippen molar-refractivity contribution in [2.75, 3.05) is 13.7 Å². The van der Waals surface area contributed by atoms with Crippen molar-refractivity contribution in [3.8, 4) is 0 Å². The fourth-order valence-electron chi connectivity index (χ4n) is 2.54. The van der Waals surface area contributed by atoms with E-state index in [-0.39, 0.29) is 29.8 Å². The smallest absolute Gasteiger partial charge is 0.246 e. The molecule has 1 N–H and O–H groups in total. The first-order chi connectivity index (χ1) is 8.93. The molecular weight excluding hydrogens is 244 g/mol. The van der Waals surface area contributed by atoms with Crippen molar-refractivity contribution < 1.29 is 14.3 Å². The Morgan fingerprint density at radius 3 is 2.42 bits per heavy atom. The molecule has 0 radical (unpaired) electrons. The van der Waals surface area contributed by atoms with Crippen LogP contribution in [-0.2, 0) is 14.3 Å². The van der Waals surface area contributed by atoms with Gasteiger partial charge < -0.3 is 15.0 Å². The summed E-state index contributed by atoms with van der Waals surface area (Å²) in [6.45, 7) is 8.41. The van der Waals surface area contributed by atoms with Crippen LogP contribution in [0.2, 0.25) is 0 Å². The van der Waals surface area contributed by atoms with Crippen molar-refractivity contribution in [3.63, 3.8) is 0 Å². The minimum Gasteiger partial charge on any atom is -0.385 e. The monoisotopic (exact) mass is 270 g/mol. The van der Waals surface area contributed by atoms with Crippen molar-refractivity contribution in [3.05, 3.63) is 0 Å². The number of rotatable bonds is 6. The topological polar surface area (TPSA) is 58.6 Å². The molecular formula is C14H26N2O3. The Morgan fingerprint density at radius 2 is 1.95 bits per heavy atom. The highest BCUT2D eigenvalue weighted by Gasteiger charge is 2.42. The largest absolute Gasteiger partial charge is 0.385 e. The molecule has 1 rings (SSSR count). The first kappa shape index (κ1) is 16.0. The summed E-state index contributed by atoms with van der Waals surface area (Å²) in [6, 6.07) is -0.737. The second-order valence-electron chi connectivity index (χ2n) is 5.53. The third kappa shape index (κ3) is 3.47. The number of carbonyl (C=O) groups excluding carboxylic acids is 2. The minimum atomic E-state index is -0.403. The van der Waals surface area contributed by atoms with Gasteiger partial charge in [0.1, 0.15) is 12.1 Å². The zero-order valence-electron chi connectivity index (χ0n) is 12.6. The summed E-state index contributed by atoms with van der Waals surface area (Å²) in [5.41, 5.74) is 0. The number of piperazine rings is 1. The van der Waals surface area contributed by atoms with Crippen LogP contribution in [0, 0.1) is 5.92 Å². The van der Waals surface area contributed by atoms with E-state index in [2.05, 4.69) is 5.32 Å². The van der Waals surface area contributed by atoms with Gasteiger partial charge in [0.05, 0.1) is 0 Å². The Morgan fingerprint density at radius 1 is 1.32 bits per heavy atom. The summed E-state index contributed by atoms with van der Waals surface area (Å²) in [4.78, 5) is 26.4. The molecule has 3 atom stereocenters. The van der Waals surface area contributed by atoms with Crippen molar-refractivity contribution in [2.24, 2.45) is 5.92 Å². The molecule has 1 aliphatic heterocycles. The van der Waals surface area contributed by atoms with Crippen LogP contribution >= 0.6 is 0 Å². The van der Waals surface area contributed by atoms with E-state index in [1.165, 1.54) is 0 Å². The predicted octanol–water partition coefficient (Wildman–Crippen LogP) is 1.17. The van der Waals surface area contributed by atoms with Crippen LogP contribution in [-0.4, -0.2) is 48.6 Å². The van der Waals surface area contributed by atoms with E-state index in [0.717, 1.165) is 6.42 Å². The van der Waals surface area contributed by atoms with Gasteiger partial charge >= 0.3 is 0 Å². The third-order valence-corrected chi connectivity index (χ3v) is 3.72. The van der Waals surface area contributed by atoms with E-state index >= 15 is 0 Å². The van der Waals surface area contributed by atoms with Crippen LogP contribution < -0.4 is 5.32 Å². The molecule has 1 saturated heterocycles. The molecule has 110 valence electrons. The van der Waals surface area contributed by atoms with Gasteiger partial charge in [0.15, 0.2) is 0 Å². The fraction of sp³-hybridized carbons (Fsp3) is 0.857. The van der Waals surface area contributed by atoms with Crippen LogP contribution in [0.25, 0.3) is 0 Å². The van der Waals surface area contributed by atoms with Crippen LogP contribution in [0.15, 0.2) is 0 Å². The number of amides is 2. The zero-order chi connectivity index (χ0) is 14.6. The fourth-order valence-corrected chi connectivity index (χ4v) is 2.54.